The maximum absolute atomic E-state index is 10.8. The quantitative estimate of drug-likeness (QED) is 0.307. The van der Waals surface area contributed by atoms with Crippen molar-refractivity contribution in [2.75, 3.05) is 0 Å². The Morgan fingerprint density at radius 2 is 1.56 bits per heavy atom. The minimum absolute atomic E-state index is 0. The van der Waals surface area contributed by atoms with Gasteiger partial charge in [-0.1, -0.05) is 32.0 Å². The van der Waals surface area contributed by atoms with Gasteiger partial charge in [0.05, 0.1) is 4.90 Å². The molecule has 0 spiro atoms. The summed E-state index contributed by atoms with van der Waals surface area (Å²) >= 11 is 0. The number of hydrogen-bond donors (Lipinski definition) is 0. The van der Waals surface area contributed by atoms with Crippen LogP contribution in [0.25, 0.3) is 0 Å². The molecular weight excluding hydrogens is 278 g/mol. The van der Waals surface area contributed by atoms with Crippen LogP contribution in [0.15, 0.2) is 29.2 Å². The van der Waals surface area contributed by atoms with E-state index in [2.05, 4.69) is 0 Å². The molecule has 0 aromatic heterocycles. The van der Waals surface area contributed by atoms with Crippen LogP contribution in [0.2, 0.25) is 0 Å². The smallest absolute Gasteiger partial charge is 0.744 e. The van der Waals surface area contributed by atoms with Crippen molar-refractivity contribution in [1.82, 2.24) is 0 Å². The minimum Gasteiger partial charge on any atom is -0.744 e. The maximum atomic E-state index is 10.8. The summed E-state index contributed by atoms with van der Waals surface area (Å²) in [6.07, 6.45) is 0. The first kappa shape index (κ1) is 23.7. The normalized spacial score (nSPS) is 9.33. The van der Waals surface area contributed by atoms with Gasteiger partial charge in [0.1, 0.15) is 10.1 Å². The van der Waals surface area contributed by atoms with E-state index in [1.807, 2.05) is 13.8 Å². The Balaban J connectivity index is -0.000000410. The summed E-state index contributed by atoms with van der Waals surface area (Å²) in [7, 11) is -4.33. The fourth-order valence-corrected chi connectivity index (χ4v) is 2.02. The second-order valence-corrected chi connectivity index (χ2v) is 4.59. The molecule has 0 aliphatic carbocycles. The summed E-state index contributed by atoms with van der Waals surface area (Å²) in [5.74, 6) is 0.0416. The Labute approximate surface area is 151 Å². The topological polar surface area (TPSA) is 97.3 Å². The van der Waals surface area contributed by atoms with Crippen molar-refractivity contribution in [3.05, 3.63) is 29.8 Å². The van der Waals surface area contributed by atoms with E-state index in [-0.39, 0.29) is 69.9 Å². The van der Waals surface area contributed by atoms with Crippen molar-refractivity contribution in [2.45, 2.75) is 24.7 Å². The van der Waals surface area contributed by atoms with Gasteiger partial charge in [-0.25, -0.2) is 8.42 Å². The molecule has 0 heterocycles. The zero-order valence-corrected chi connectivity index (χ0v) is 15.7. The third-order valence-electron chi connectivity index (χ3n) is 1.81. The number of benzene rings is 1. The molecule has 0 radical (unpaired) electrons. The second kappa shape index (κ2) is 11.4. The van der Waals surface area contributed by atoms with Crippen LogP contribution in [0.1, 0.15) is 25.3 Å². The molecule has 0 aliphatic rings. The van der Waals surface area contributed by atoms with E-state index in [9.17, 15) is 13.0 Å². The Morgan fingerprint density at radius 1 is 1.17 bits per heavy atom. The van der Waals surface area contributed by atoms with Crippen molar-refractivity contribution < 1.29 is 82.0 Å². The van der Waals surface area contributed by atoms with E-state index < -0.39 is 16.6 Å². The van der Waals surface area contributed by atoms with Crippen LogP contribution < -0.4 is 64.2 Å². The van der Waals surface area contributed by atoms with E-state index in [0.717, 1.165) is 0 Å². The number of rotatable bonds is 2. The van der Waals surface area contributed by atoms with Crippen molar-refractivity contribution in [3.8, 4) is 0 Å². The molecule has 90 valence electrons. The zero-order chi connectivity index (χ0) is 12.8. The van der Waals surface area contributed by atoms with Crippen molar-refractivity contribution >= 4 is 16.6 Å². The fraction of sp³-hybridized carbons (Fsp3) is 0.300. The van der Waals surface area contributed by atoms with Crippen LogP contribution in [-0.4, -0.2) is 19.4 Å². The van der Waals surface area contributed by atoms with Gasteiger partial charge in [-0.05, 0) is 17.5 Å². The Bertz CT molecular complexity index is 445. The fourth-order valence-electron chi connectivity index (χ4n) is 1.19. The van der Waals surface area contributed by atoms with E-state index >= 15 is 0 Å². The largest absolute Gasteiger partial charge is 1.00 e. The van der Waals surface area contributed by atoms with Crippen LogP contribution in [-0.2, 0) is 14.9 Å². The van der Waals surface area contributed by atoms with Gasteiger partial charge >= 0.3 is 59.1 Å². The molecule has 0 bridgehead atoms. The molecule has 0 saturated carbocycles. The molecule has 0 fully saturated rings. The Kier molecular flexibility index (Phi) is 15.0. The van der Waals surface area contributed by atoms with Gasteiger partial charge in [0.2, 0.25) is 0 Å². The van der Waals surface area contributed by atoms with Gasteiger partial charge in [-0.3, -0.25) is 0 Å². The first-order valence-corrected chi connectivity index (χ1v) is 5.85. The predicted octanol–water partition coefficient (Wildman–Crippen LogP) is -5.91. The predicted molar refractivity (Wildman–Crippen MR) is 54.6 cm³/mol. The summed E-state index contributed by atoms with van der Waals surface area (Å²) in [6, 6.07) is 6.29. The molecule has 1 rings (SSSR count). The Hall–Kier alpha value is 0.600. The number of carbonyl (C=O) groups excluding carboxylic acids is 1. The molecule has 0 saturated heterocycles. The van der Waals surface area contributed by atoms with Crippen LogP contribution >= 0.6 is 0 Å². The summed E-state index contributed by atoms with van der Waals surface area (Å²) < 4.78 is 32.4. The average Bonchev–Trinajstić information content (AvgIpc) is 2.17. The van der Waals surface area contributed by atoms with Crippen LogP contribution in [0.4, 0.5) is 0 Å². The Morgan fingerprint density at radius 3 is 1.83 bits per heavy atom. The van der Waals surface area contributed by atoms with E-state index in [0.29, 0.717) is 5.56 Å². The van der Waals surface area contributed by atoms with E-state index in [1.54, 1.807) is 18.2 Å². The van der Waals surface area contributed by atoms with E-state index in [1.165, 1.54) is 6.07 Å². The monoisotopic (exact) mass is 290 g/mol. The van der Waals surface area contributed by atoms with E-state index in [4.69, 9.17) is 9.90 Å². The SMILES string of the molecule is CC(C)c1ccccc1S(=O)(=O)[O-].O=C[O-].[Na+].[Na+]. The van der Waals surface area contributed by atoms with Crippen LogP contribution in [0.5, 0.6) is 0 Å². The standard InChI is InChI=1S/C9H12O3S.CH2O2.2Na/c1-7(2)8-5-3-4-6-9(8)13(10,11)12;2-1-3;;/h3-7H,1-2H3,(H,10,11,12);1H,(H,2,3);;/q;;2*+1/p-2. The number of carbonyl (C=O) groups is 1. The summed E-state index contributed by atoms with van der Waals surface area (Å²) in [5, 5.41) is 8.25. The second-order valence-electron chi connectivity index (χ2n) is 3.24. The molecule has 0 aliphatic heterocycles. The molecule has 0 amide bonds. The van der Waals surface area contributed by atoms with Gasteiger partial charge in [0, 0.05) is 6.47 Å². The molecule has 1 aromatic rings. The summed E-state index contributed by atoms with van der Waals surface area (Å²) in [5.41, 5.74) is 0.581. The molecule has 0 N–H and O–H groups in total. The molecule has 5 nitrogen and oxygen atoms in total. The van der Waals surface area contributed by atoms with Gasteiger partial charge in [-0.15, -0.1) is 0 Å². The van der Waals surface area contributed by atoms with Crippen LogP contribution in [0.3, 0.4) is 0 Å². The molecule has 8 heteroatoms. The third-order valence-corrected chi connectivity index (χ3v) is 2.72. The van der Waals surface area contributed by atoms with Gasteiger partial charge < -0.3 is 14.5 Å². The average molecular weight is 290 g/mol. The van der Waals surface area contributed by atoms with Gasteiger partial charge in [0.25, 0.3) is 0 Å². The zero-order valence-electron chi connectivity index (χ0n) is 10.9. The number of carboxylic acid groups (broad SMARTS) is 1. The van der Waals surface area contributed by atoms with Gasteiger partial charge in [-0.2, -0.15) is 0 Å². The molecule has 0 atom stereocenters. The minimum atomic E-state index is -4.33. The molecule has 18 heavy (non-hydrogen) atoms. The summed E-state index contributed by atoms with van der Waals surface area (Å²) in [6.45, 7) is 3.20. The van der Waals surface area contributed by atoms with Crippen molar-refractivity contribution in [3.63, 3.8) is 0 Å². The van der Waals surface area contributed by atoms with Crippen molar-refractivity contribution in [1.29, 1.82) is 0 Å². The van der Waals surface area contributed by atoms with Crippen molar-refractivity contribution in [2.24, 2.45) is 0 Å². The van der Waals surface area contributed by atoms with Crippen LogP contribution in [0, 0.1) is 0 Å². The van der Waals surface area contributed by atoms with Gasteiger partial charge in [0.15, 0.2) is 0 Å². The summed E-state index contributed by atoms with van der Waals surface area (Å²) in [4.78, 5) is 8.14. The third kappa shape index (κ3) is 8.66. The first-order chi connectivity index (χ1) is 7.34. The first-order valence-electron chi connectivity index (χ1n) is 4.45. The number of hydrogen-bond acceptors (Lipinski definition) is 5. The maximum Gasteiger partial charge on any atom is 1.00 e. The molecular formula is C10H12Na2O5S. The molecule has 0 unspecified atom stereocenters. The molecule has 1 aromatic carbocycles.